The lowest BCUT2D eigenvalue weighted by Crippen LogP contribution is -2.33. The van der Waals surface area contributed by atoms with Gasteiger partial charge in [0.15, 0.2) is 0 Å². The second-order valence-corrected chi connectivity index (χ2v) is 6.53. The lowest BCUT2D eigenvalue weighted by molar-refractivity contribution is -0.135. The molecule has 0 bridgehead atoms. The Morgan fingerprint density at radius 3 is 2.50 bits per heavy atom. The highest BCUT2D eigenvalue weighted by molar-refractivity contribution is 7.89. The van der Waals surface area contributed by atoms with Crippen molar-refractivity contribution in [1.29, 1.82) is 0 Å². The first-order chi connectivity index (χ1) is 10.3. The summed E-state index contributed by atoms with van der Waals surface area (Å²) in [6.07, 6.45) is 1.73. The molecule has 2 N–H and O–H groups in total. The highest BCUT2D eigenvalue weighted by Gasteiger charge is 2.24. The van der Waals surface area contributed by atoms with Crippen LogP contribution < -0.4 is 4.72 Å². The van der Waals surface area contributed by atoms with Crippen LogP contribution in [-0.4, -0.2) is 50.4 Å². The van der Waals surface area contributed by atoms with Gasteiger partial charge < -0.3 is 10.0 Å². The zero-order valence-corrected chi connectivity index (χ0v) is 13.4. The fourth-order valence-corrected chi connectivity index (χ4v) is 2.99. The number of nitrogens with zero attached hydrogens (tertiary/aromatic N) is 1. The van der Waals surface area contributed by atoms with E-state index in [0.717, 1.165) is 12.8 Å². The summed E-state index contributed by atoms with van der Waals surface area (Å²) in [4.78, 5) is 24.1. The second kappa shape index (κ2) is 7.90. The third kappa shape index (κ3) is 4.81. The first kappa shape index (κ1) is 18.1. The molecule has 0 heterocycles. The van der Waals surface area contributed by atoms with E-state index in [1.54, 1.807) is 13.1 Å². The molecule has 8 heteroatoms. The fourth-order valence-electron chi connectivity index (χ4n) is 1.81. The standard InChI is InChI=1S/C14H20N2O5S/c1-3-4-9-16(2)14(19)11-7-5-6-8-12(11)22(20,21)15-10-13(17)18/h5-8,15H,3-4,9-10H2,1-2H3,(H,17,18). The van der Waals surface area contributed by atoms with Gasteiger partial charge in [-0.3, -0.25) is 9.59 Å². The number of sulfonamides is 1. The molecule has 1 amide bonds. The molecule has 0 spiro atoms. The van der Waals surface area contributed by atoms with Crippen molar-refractivity contribution in [2.75, 3.05) is 20.1 Å². The van der Waals surface area contributed by atoms with Crippen molar-refractivity contribution in [1.82, 2.24) is 9.62 Å². The summed E-state index contributed by atoms with van der Waals surface area (Å²) >= 11 is 0. The van der Waals surface area contributed by atoms with Gasteiger partial charge in [0.05, 0.1) is 10.5 Å². The number of benzene rings is 1. The molecule has 7 nitrogen and oxygen atoms in total. The molecule has 22 heavy (non-hydrogen) atoms. The van der Waals surface area contributed by atoms with Gasteiger partial charge in [0.2, 0.25) is 10.0 Å². The van der Waals surface area contributed by atoms with Gasteiger partial charge in [-0.15, -0.1) is 0 Å². The highest BCUT2D eigenvalue weighted by Crippen LogP contribution is 2.17. The first-order valence-corrected chi connectivity index (χ1v) is 8.34. The summed E-state index contributed by atoms with van der Waals surface area (Å²) < 4.78 is 26.3. The molecule has 0 unspecified atom stereocenters. The van der Waals surface area contributed by atoms with E-state index in [1.807, 2.05) is 11.6 Å². The zero-order valence-electron chi connectivity index (χ0n) is 12.6. The number of nitrogens with one attached hydrogen (secondary N) is 1. The molecular weight excluding hydrogens is 308 g/mol. The third-order valence-corrected chi connectivity index (χ3v) is 4.47. The quantitative estimate of drug-likeness (QED) is 0.738. The average Bonchev–Trinajstić information content (AvgIpc) is 2.50. The Hall–Kier alpha value is -1.93. The maximum absolute atomic E-state index is 12.4. The van der Waals surface area contributed by atoms with Crippen molar-refractivity contribution in [3.63, 3.8) is 0 Å². The Labute approximate surface area is 130 Å². The third-order valence-electron chi connectivity index (χ3n) is 3.01. The molecule has 0 saturated heterocycles. The van der Waals surface area contributed by atoms with E-state index < -0.39 is 28.4 Å². The lowest BCUT2D eigenvalue weighted by Gasteiger charge is -2.18. The van der Waals surface area contributed by atoms with Crippen LogP contribution in [0.1, 0.15) is 30.1 Å². The van der Waals surface area contributed by atoms with Crippen LogP contribution in [0.5, 0.6) is 0 Å². The molecule has 0 aliphatic heterocycles. The minimum Gasteiger partial charge on any atom is -0.480 e. The van der Waals surface area contributed by atoms with E-state index in [1.165, 1.54) is 23.1 Å². The number of carboxylic acid groups (broad SMARTS) is 1. The molecule has 1 aromatic carbocycles. The van der Waals surface area contributed by atoms with E-state index in [0.29, 0.717) is 6.54 Å². The van der Waals surface area contributed by atoms with Crippen molar-refractivity contribution >= 4 is 21.9 Å². The zero-order chi connectivity index (χ0) is 16.8. The van der Waals surface area contributed by atoms with Gasteiger partial charge in [-0.1, -0.05) is 25.5 Å². The van der Waals surface area contributed by atoms with Gasteiger partial charge in [0.1, 0.15) is 6.54 Å². The number of hydrogen-bond acceptors (Lipinski definition) is 4. The van der Waals surface area contributed by atoms with Gasteiger partial charge in [0, 0.05) is 13.6 Å². The van der Waals surface area contributed by atoms with Crippen molar-refractivity contribution in [2.24, 2.45) is 0 Å². The van der Waals surface area contributed by atoms with Crippen LogP contribution in [0.3, 0.4) is 0 Å². The van der Waals surface area contributed by atoms with Crippen LogP contribution in [-0.2, 0) is 14.8 Å². The molecule has 0 fully saturated rings. The predicted octanol–water partition coefficient (Wildman–Crippen LogP) is 0.922. The molecule has 122 valence electrons. The topological polar surface area (TPSA) is 104 Å². The number of carboxylic acids is 1. The predicted molar refractivity (Wildman–Crippen MR) is 81.1 cm³/mol. The minimum absolute atomic E-state index is 0.0268. The molecule has 0 atom stereocenters. The van der Waals surface area contributed by atoms with Gasteiger partial charge in [-0.05, 0) is 18.6 Å². The van der Waals surface area contributed by atoms with Crippen molar-refractivity contribution in [3.8, 4) is 0 Å². The summed E-state index contributed by atoms with van der Waals surface area (Å²) in [5.74, 6) is -1.71. The highest BCUT2D eigenvalue weighted by atomic mass is 32.2. The SMILES string of the molecule is CCCCN(C)C(=O)c1ccccc1S(=O)(=O)NCC(=O)O. The van der Waals surface area contributed by atoms with Crippen LogP contribution in [0.15, 0.2) is 29.2 Å². The Kier molecular flexibility index (Phi) is 6.51. The Morgan fingerprint density at radius 2 is 1.91 bits per heavy atom. The Balaban J connectivity index is 3.08. The lowest BCUT2D eigenvalue weighted by atomic mass is 10.2. The van der Waals surface area contributed by atoms with Crippen molar-refractivity contribution in [2.45, 2.75) is 24.7 Å². The number of amides is 1. The Morgan fingerprint density at radius 1 is 1.27 bits per heavy atom. The van der Waals surface area contributed by atoms with Crippen LogP contribution in [0.2, 0.25) is 0 Å². The smallest absolute Gasteiger partial charge is 0.318 e. The van der Waals surface area contributed by atoms with Gasteiger partial charge in [-0.25, -0.2) is 8.42 Å². The number of carbonyl (C=O) groups is 2. The minimum atomic E-state index is -4.06. The van der Waals surface area contributed by atoms with E-state index in [4.69, 9.17) is 5.11 Å². The van der Waals surface area contributed by atoms with E-state index in [-0.39, 0.29) is 10.5 Å². The molecule has 0 saturated carbocycles. The largest absolute Gasteiger partial charge is 0.480 e. The molecular formula is C14H20N2O5S. The van der Waals surface area contributed by atoms with E-state index in [2.05, 4.69) is 0 Å². The number of rotatable bonds is 8. The molecule has 0 aliphatic rings. The van der Waals surface area contributed by atoms with Crippen LogP contribution in [0.4, 0.5) is 0 Å². The molecule has 1 aromatic rings. The maximum Gasteiger partial charge on any atom is 0.318 e. The van der Waals surface area contributed by atoms with Crippen LogP contribution in [0, 0.1) is 0 Å². The average molecular weight is 328 g/mol. The van der Waals surface area contributed by atoms with Gasteiger partial charge >= 0.3 is 5.97 Å². The van der Waals surface area contributed by atoms with Gasteiger partial charge in [-0.2, -0.15) is 4.72 Å². The summed E-state index contributed by atoms with van der Waals surface area (Å²) in [7, 11) is -2.46. The maximum atomic E-state index is 12.4. The number of carbonyl (C=O) groups excluding carboxylic acids is 1. The summed E-state index contributed by atoms with van der Waals surface area (Å²) in [6.45, 7) is 1.77. The van der Waals surface area contributed by atoms with Crippen LogP contribution in [0.25, 0.3) is 0 Å². The first-order valence-electron chi connectivity index (χ1n) is 6.85. The van der Waals surface area contributed by atoms with Gasteiger partial charge in [0.25, 0.3) is 5.91 Å². The van der Waals surface area contributed by atoms with Crippen molar-refractivity contribution in [3.05, 3.63) is 29.8 Å². The monoisotopic (exact) mass is 328 g/mol. The van der Waals surface area contributed by atoms with E-state index in [9.17, 15) is 18.0 Å². The van der Waals surface area contributed by atoms with Crippen LogP contribution >= 0.6 is 0 Å². The summed E-state index contributed by atoms with van der Waals surface area (Å²) in [5.41, 5.74) is 0.0268. The molecule has 0 aliphatic carbocycles. The molecule has 0 aromatic heterocycles. The second-order valence-electron chi connectivity index (χ2n) is 4.79. The summed E-state index contributed by atoms with van der Waals surface area (Å²) in [6, 6.07) is 5.75. The number of unbranched alkanes of at least 4 members (excludes halogenated alkanes) is 1. The molecule has 0 radical (unpaired) electrons. The Bertz CT molecular complexity index is 642. The number of hydrogen-bond donors (Lipinski definition) is 2. The summed E-state index contributed by atoms with van der Waals surface area (Å²) in [5, 5.41) is 8.59. The van der Waals surface area contributed by atoms with E-state index >= 15 is 0 Å². The normalized spacial score (nSPS) is 11.2. The fraction of sp³-hybridized carbons (Fsp3) is 0.429. The molecule has 1 rings (SSSR count). The van der Waals surface area contributed by atoms with Crippen molar-refractivity contribution < 1.29 is 23.1 Å². The number of aliphatic carboxylic acids is 1.